The lowest BCUT2D eigenvalue weighted by Crippen LogP contribution is -1.92. The average Bonchev–Trinajstić information content (AvgIpc) is 1.86. The number of hydrogen-bond acceptors (Lipinski definition) is 1. The summed E-state index contributed by atoms with van der Waals surface area (Å²) in [5.74, 6) is -0.787. The van der Waals surface area contributed by atoms with Gasteiger partial charge >= 0.3 is 5.97 Å². The van der Waals surface area contributed by atoms with E-state index in [-0.39, 0.29) is 6.42 Å². The summed E-state index contributed by atoms with van der Waals surface area (Å²) in [5.41, 5.74) is 0. The predicted octanol–water partition coefficient (Wildman–Crippen LogP) is 2.93. The van der Waals surface area contributed by atoms with Crippen LogP contribution in [0.4, 0.5) is 0 Å². The SMILES string of the molecule is CCCC/C=C(\Br)CC(=O)O. The molecule has 0 rings (SSSR count). The fourth-order valence-electron chi connectivity index (χ4n) is 0.679. The van der Waals surface area contributed by atoms with Crippen molar-refractivity contribution in [3.63, 3.8) is 0 Å². The van der Waals surface area contributed by atoms with Crippen molar-refractivity contribution in [2.45, 2.75) is 32.6 Å². The van der Waals surface area contributed by atoms with E-state index in [0.717, 1.165) is 23.7 Å². The zero-order valence-electron chi connectivity index (χ0n) is 6.64. The largest absolute Gasteiger partial charge is 0.481 e. The van der Waals surface area contributed by atoms with Crippen molar-refractivity contribution >= 4 is 21.9 Å². The van der Waals surface area contributed by atoms with Crippen LogP contribution in [0.5, 0.6) is 0 Å². The van der Waals surface area contributed by atoms with Crippen LogP contribution in [0.15, 0.2) is 10.6 Å². The number of carboxylic acid groups (broad SMARTS) is 1. The zero-order valence-corrected chi connectivity index (χ0v) is 8.23. The molecule has 0 unspecified atom stereocenters. The second-order valence-electron chi connectivity index (χ2n) is 2.36. The molecule has 0 radical (unpaired) electrons. The van der Waals surface area contributed by atoms with Crippen LogP contribution in [0.1, 0.15) is 32.6 Å². The van der Waals surface area contributed by atoms with Gasteiger partial charge in [0, 0.05) is 4.48 Å². The summed E-state index contributed by atoms with van der Waals surface area (Å²) in [7, 11) is 0. The number of rotatable bonds is 5. The van der Waals surface area contributed by atoms with Gasteiger partial charge in [0.05, 0.1) is 6.42 Å². The second kappa shape index (κ2) is 6.40. The van der Waals surface area contributed by atoms with Gasteiger partial charge in [-0.25, -0.2) is 0 Å². The molecule has 0 aliphatic carbocycles. The first-order valence-electron chi connectivity index (χ1n) is 3.73. The van der Waals surface area contributed by atoms with Gasteiger partial charge in [-0.15, -0.1) is 0 Å². The number of aliphatic carboxylic acids is 1. The van der Waals surface area contributed by atoms with Gasteiger partial charge in [0.25, 0.3) is 0 Å². The Morgan fingerprint density at radius 2 is 2.27 bits per heavy atom. The van der Waals surface area contributed by atoms with E-state index in [9.17, 15) is 4.79 Å². The molecule has 0 aromatic heterocycles. The monoisotopic (exact) mass is 220 g/mol. The molecule has 0 heterocycles. The third-order valence-electron chi connectivity index (χ3n) is 1.24. The van der Waals surface area contributed by atoms with E-state index >= 15 is 0 Å². The number of carboxylic acids is 1. The molecule has 0 atom stereocenters. The van der Waals surface area contributed by atoms with Gasteiger partial charge in [0.2, 0.25) is 0 Å². The lowest BCUT2D eigenvalue weighted by atomic mass is 10.2. The van der Waals surface area contributed by atoms with Gasteiger partial charge in [0.1, 0.15) is 0 Å². The van der Waals surface area contributed by atoms with Crippen molar-refractivity contribution in [2.24, 2.45) is 0 Å². The molecule has 3 heteroatoms. The highest BCUT2D eigenvalue weighted by molar-refractivity contribution is 9.11. The van der Waals surface area contributed by atoms with Crippen molar-refractivity contribution in [3.8, 4) is 0 Å². The summed E-state index contributed by atoms with van der Waals surface area (Å²) < 4.78 is 0.776. The van der Waals surface area contributed by atoms with Gasteiger partial charge in [-0.1, -0.05) is 41.8 Å². The van der Waals surface area contributed by atoms with Crippen LogP contribution in [0.3, 0.4) is 0 Å². The summed E-state index contributed by atoms with van der Waals surface area (Å²) in [6, 6.07) is 0. The first kappa shape index (κ1) is 10.7. The maximum absolute atomic E-state index is 10.2. The predicted molar refractivity (Wildman–Crippen MR) is 48.8 cm³/mol. The number of allylic oxidation sites excluding steroid dienone is 1. The fourth-order valence-corrected chi connectivity index (χ4v) is 1.15. The average molecular weight is 221 g/mol. The van der Waals surface area contributed by atoms with Crippen molar-refractivity contribution in [1.29, 1.82) is 0 Å². The first-order valence-corrected chi connectivity index (χ1v) is 4.52. The molecule has 0 saturated carbocycles. The molecule has 0 amide bonds. The van der Waals surface area contributed by atoms with Crippen LogP contribution in [0.25, 0.3) is 0 Å². The van der Waals surface area contributed by atoms with Crippen molar-refractivity contribution in [3.05, 3.63) is 10.6 Å². The molecular weight excluding hydrogens is 208 g/mol. The molecular formula is C8H13BrO2. The van der Waals surface area contributed by atoms with E-state index in [1.807, 2.05) is 6.08 Å². The maximum atomic E-state index is 10.2. The summed E-state index contributed by atoms with van der Waals surface area (Å²) in [4.78, 5) is 10.2. The third-order valence-corrected chi connectivity index (χ3v) is 1.85. The molecule has 11 heavy (non-hydrogen) atoms. The summed E-state index contributed by atoms with van der Waals surface area (Å²) in [6.45, 7) is 2.11. The van der Waals surface area contributed by atoms with Crippen LogP contribution in [-0.2, 0) is 4.79 Å². The van der Waals surface area contributed by atoms with E-state index in [1.54, 1.807) is 0 Å². The van der Waals surface area contributed by atoms with Crippen molar-refractivity contribution in [1.82, 2.24) is 0 Å². The van der Waals surface area contributed by atoms with Gasteiger partial charge in [-0.05, 0) is 6.42 Å². The van der Waals surface area contributed by atoms with Crippen LogP contribution < -0.4 is 0 Å². The topological polar surface area (TPSA) is 37.3 Å². The van der Waals surface area contributed by atoms with E-state index in [0.29, 0.717) is 0 Å². The minimum atomic E-state index is -0.787. The molecule has 0 aliphatic rings. The Kier molecular flexibility index (Phi) is 6.22. The summed E-state index contributed by atoms with van der Waals surface area (Å²) in [5, 5.41) is 8.37. The molecule has 0 spiro atoms. The molecule has 2 nitrogen and oxygen atoms in total. The Labute approximate surface area is 75.4 Å². The Bertz CT molecular complexity index is 152. The molecule has 0 aromatic rings. The standard InChI is InChI=1S/C8H13BrO2/c1-2-3-4-5-7(9)6-8(10)11/h5H,2-4,6H2,1H3,(H,10,11)/b7-5-. The summed E-state index contributed by atoms with van der Waals surface area (Å²) >= 11 is 3.19. The van der Waals surface area contributed by atoms with E-state index in [1.165, 1.54) is 0 Å². The molecule has 0 aliphatic heterocycles. The lowest BCUT2D eigenvalue weighted by molar-refractivity contribution is -0.136. The zero-order chi connectivity index (χ0) is 8.69. The number of halogens is 1. The van der Waals surface area contributed by atoms with E-state index in [2.05, 4.69) is 22.9 Å². The van der Waals surface area contributed by atoms with Gasteiger partial charge < -0.3 is 5.11 Å². The molecule has 0 fully saturated rings. The number of unbranched alkanes of at least 4 members (excludes halogenated alkanes) is 2. The minimum Gasteiger partial charge on any atom is -0.481 e. The van der Waals surface area contributed by atoms with Gasteiger partial charge in [0.15, 0.2) is 0 Å². The minimum absolute atomic E-state index is 0.101. The van der Waals surface area contributed by atoms with Crippen LogP contribution >= 0.6 is 15.9 Å². The van der Waals surface area contributed by atoms with Crippen molar-refractivity contribution in [2.75, 3.05) is 0 Å². The van der Waals surface area contributed by atoms with E-state index < -0.39 is 5.97 Å². The summed E-state index contributed by atoms with van der Waals surface area (Å²) in [6.07, 6.45) is 5.25. The van der Waals surface area contributed by atoms with Crippen molar-refractivity contribution < 1.29 is 9.90 Å². The number of hydrogen-bond donors (Lipinski definition) is 1. The van der Waals surface area contributed by atoms with E-state index in [4.69, 9.17) is 5.11 Å². The maximum Gasteiger partial charge on any atom is 0.308 e. The highest BCUT2D eigenvalue weighted by atomic mass is 79.9. The van der Waals surface area contributed by atoms with Crippen LogP contribution in [0, 0.1) is 0 Å². The van der Waals surface area contributed by atoms with Gasteiger partial charge in [-0.2, -0.15) is 0 Å². The smallest absolute Gasteiger partial charge is 0.308 e. The fraction of sp³-hybridized carbons (Fsp3) is 0.625. The lowest BCUT2D eigenvalue weighted by Gasteiger charge is -1.93. The molecule has 1 N–H and O–H groups in total. The molecule has 0 aromatic carbocycles. The Morgan fingerprint density at radius 1 is 1.64 bits per heavy atom. The molecule has 64 valence electrons. The first-order chi connectivity index (χ1) is 5.16. The van der Waals surface area contributed by atoms with Gasteiger partial charge in [-0.3, -0.25) is 4.79 Å². The molecule has 0 bridgehead atoms. The highest BCUT2D eigenvalue weighted by Crippen LogP contribution is 2.12. The second-order valence-corrected chi connectivity index (χ2v) is 3.38. The van der Waals surface area contributed by atoms with Crippen LogP contribution in [0.2, 0.25) is 0 Å². The highest BCUT2D eigenvalue weighted by Gasteiger charge is 1.98. The Hall–Kier alpha value is -0.310. The third kappa shape index (κ3) is 7.59. The van der Waals surface area contributed by atoms with Crippen LogP contribution in [-0.4, -0.2) is 11.1 Å². The molecule has 0 saturated heterocycles. The Balaban J connectivity index is 3.54. The number of carbonyl (C=O) groups is 1. The Morgan fingerprint density at radius 3 is 2.73 bits per heavy atom. The quantitative estimate of drug-likeness (QED) is 0.724. The normalized spacial score (nSPS) is 11.6.